The third-order valence-corrected chi connectivity index (χ3v) is 2.98. The summed E-state index contributed by atoms with van der Waals surface area (Å²) in [4.78, 5) is 11.4. The first-order valence-corrected chi connectivity index (χ1v) is 5.48. The zero-order valence-corrected chi connectivity index (χ0v) is 9.42. The van der Waals surface area contributed by atoms with E-state index in [1.807, 2.05) is 31.2 Å². The molecule has 0 radical (unpaired) electrons. The summed E-state index contributed by atoms with van der Waals surface area (Å²) in [5.74, 6) is 0.532. The van der Waals surface area contributed by atoms with E-state index in [2.05, 4.69) is 0 Å². The van der Waals surface area contributed by atoms with Crippen molar-refractivity contribution in [2.75, 3.05) is 0 Å². The number of allylic oxidation sites excluding steroid dienone is 2. The summed E-state index contributed by atoms with van der Waals surface area (Å²) >= 11 is 5.94. The van der Waals surface area contributed by atoms with E-state index in [1.165, 1.54) is 5.56 Å². The molecule has 0 saturated carbocycles. The Kier molecular flexibility index (Phi) is 2.92. The van der Waals surface area contributed by atoms with E-state index in [9.17, 15) is 4.79 Å². The molecule has 0 aliphatic heterocycles. The van der Waals surface area contributed by atoms with Crippen LogP contribution in [0.3, 0.4) is 0 Å². The zero-order chi connectivity index (χ0) is 10.8. The quantitative estimate of drug-likeness (QED) is 0.705. The second kappa shape index (κ2) is 4.19. The van der Waals surface area contributed by atoms with Gasteiger partial charge in [0.25, 0.3) is 0 Å². The molecule has 1 aliphatic rings. The first kappa shape index (κ1) is 10.4. The number of hydrogen-bond donors (Lipinski definition) is 0. The van der Waals surface area contributed by atoms with Crippen LogP contribution in [-0.2, 0) is 4.79 Å². The maximum absolute atomic E-state index is 11.4. The SMILES string of the molecule is CC1=CC(=O)CC(c2cccc(Cl)c2)C1. The fourth-order valence-electron chi connectivity index (χ4n) is 2.09. The lowest BCUT2D eigenvalue weighted by Crippen LogP contribution is -2.11. The fourth-order valence-corrected chi connectivity index (χ4v) is 2.29. The second-order valence-electron chi connectivity index (χ2n) is 4.12. The molecule has 0 N–H and O–H groups in total. The highest BCUT2D eigenvalue weighted by Crippen LogP contribution is 2.32. The Balaban J connectivity index is 2.26. The average Bonchev–Trinajstić information content (AvgIpc) is 2.16. The molecule has 1 atom stereocenters. The van der Waals surface area contributed by atoms with Crippen LogP contribution < -0.4 is 0 Å². The Morgan fingerprint density at radius 3 is 2.80 bits per heavy atom. The van der Waals surface area contributed by atoms with Crippen molar-refractivity contribution in [2.24, 2.45) is 0 Å². The molecule has 2 rings (SSSR count). The number of halogens is 1. The van der Waals surface area contributed by atoms with Crippen molar-refractivity contribution >= 4 is 17.4 Å². The minimum atomic E-state index is 0.226. The predicted molar refractivity (Wildman–Crippen MR) is 62.2 cm³/mol. The fraction of sp³-hybridized carbons (Fsp3) is 0.308. The summed E-state index contributed by atoms with van der Waals surface area (Å²) in [5, 5.41) is 0.743. The van der Waals surface area contributed by atoms with Gasteiger partial charge < -0.3 is 0 Å². The van der Waals surface area contributed by atoms with Gasteiger partial charge in [-0.2, -0.15) is 0 Å². The molecular weight excluding hydrogens is 208 g/mol. The van der Waals surface area contributed by atoms with Crippen molar-refractivity contribution in [2.45, 2.75) is 25.7 Å². The lowest BCUT2D eigenvalue weighted by Gasteiger charge is -2.20. The average molecular weight is 221 g/mol. The van der Waals surface area contributed by atoms with Crippen LogP contribution in [0.5, 0.6) is 0 Å². The molecule has 1 unspecified atom stereocenters. The van der Waals surface area contributed by atoms with Crippen molar-refractivity contribution in [1.29, 1.82) is 0 Å². The van der Waals surface area contributed by atoms with Crippen LogP contribution >= 0.6 is 11.6 Å². The van der Waals surface area contributed by atoms with Crippen LogP contribution in [0.25, 0.3) is 0 Å². The normalized spacial score (nSPS) is 21.3. The van der Waals surface area contributed by atoms with E-state index in [-0.39, 0.29) is 5.78 Å². The molecule has 0 heterocycles. The van der Waals surface area contributed by atoms with Crippen molar-refractivity contribution in [3.05, 3.63) is 46.5 Å². The number of carbonyl (C=O) groups excluding carboxylic acids is 1. The lowest BCUT2D eigenvalue weighted by atomic mass is 9.84. The van der Waals surface area contributed by atoms with Gasteiger partial charge in [0.05, 0.1) is 0 Å². The van der Waals surface area contributed by atoms with Crippen molar-refractivity contribution in [3.8, 4) is 0 Å². The van der Waals surface area contributed by atoms with Gasteiger partial charge >= 0.3 is 0 Å². The monoisotopic (exact) mass is 220 g/mol. The third kappa shape index (κ3) is 2.48. The molecular formula is C13H13ClO. The molecule has 0 aromatic heterocycles. The van der Waals surface area contributed by atoms with Crippen LogP contribution in [0.2, 0.25) is 5.02 Å². The van der Waals surface area contributed by atoms with Crippen LogP contribution in [0.1, 0.15) is 31.2 Å². The van der Waals surface area contributed by atoms with Crippen molar-refractivity contribution in [3.63, 3.8) is 0 Å². The molecule has 0 saturated heterocycles. The van der Waals surface area contributed by atoms with E-state index in [0.717, 1.165) is 17.0 Å². The number of rotatable bonds is 1. The molecule has 0 bridgehead atoms. The highest BCUT2D eigenvalue weighted by Gasteiger charge is 2.20. The highest BCUT2D eigenvalue weighted by molar-refractivity contribution is 6.30. The van der Waals surface area contributed by atoms with E-state index in [1.54, 1.807) is 6.08 Å². The van der Waals surface area contributed by atoms with Crippen molar-refractivity contribution < 1.29 is 4.79 Å². The minimum absolute atomic E-state index is 0.226. The number of benzene rings is 1. The van der Waals surface area contributed by atoms with Gasteiger partial charge in [0.2, 0.25) is 0 Å². The minimum Gasteiger partial charge on any atom is -0.295 e. The molecule has 0 fully saturated rings. The molecule has 15 heavy (non-hydrogen) atoms. The van der Waals surface area contributed by atoms with E-state index >= 15 is 0 Å². The molecule has 1 nitrogen and oxygen atoms in total. The van der Waals surface area contributed by atoms with Crippen LogP contribution in [0, 0.1) is 0 Å². The summed E-state index contributed by atoms with van der Waals surface area (Å²) in [5.41, 5.74) is 2.33. The van der Waals surface area contributed by atoms with E-state index in [4.69, 9.17) is 11.6 Å². The smallest absolute Gasteiger partial charge is 0.156 e. The summed E-state index contributed by atoms with van der Waals surface area (Å²) in [6.07, 6.45) is 3.32. The van der Waals surface area contributed by atoms with Gasteiger partial charge in [-0.25, -0.2) is 0 Å². The Bertz CT molecular complexity index is 420. The third-order valence-electron chi connectivity index (χ3n) is 2.74. The van der Waals surface area contributed by atoms with Gasteiger partial charge in [0.15, 0.2) is 5.78 Å². The van der Waals surface area contributed by atoms with Gasteiger partial charge in [-0.05, 0) is 43.0 Å². The van der Waals surface area contributed by atoms with Crippen molar-refractivity contribution in [1.82, 2.24) is 0 Å². The topological polar surface area (TPSA) is 17.1 Å². The highest BCUT2D eigenvalue weighted by atomic mass is 35.5. The van der Waals surface area contributed by atoms with E-state index in [0.29, 0.717) is 12.3 Å². The predicted octanol–water partition coefficient (Wildman–Crippen LogP) is 3.73. The zero-order valence-electron chi connectivity index (χ0n) is 8.66. The molecule has 78 valence electrons. The Morgan fingerprint density at radius 1 is 1.33 bits per heavy atom. The summed E-state index contributed by atoms with van der Waals surface area (Å²) < 4.78 is 0. The first-order valence-electron chi connectivity index (χ1n) is 5.10. The van der Waals surface area contributed by atoms with Gasteiger partial charge in [-0.1, -0.05) is 29.3 Å². The Labute approximate surface area is 94.8 Å². The van der Waals surface area contributed by atoms with Crippen LogP contribution in [0.4, 0.5) is 0 Å². The van der Waals surface area contributed by atoms with Gasteiger partial charge in [-0.15, -0.1) is 0 Å². The van der Waals surface area contributed by atoms with Gasteiger partial charge in [0.1, 0.15) is 0 Å². The summed E-state index contributed by atoms with van der Waals surface area (Å²) in [7, 11) is 0. The standard InChI is InChI=1S/C13H13ClO/c1-9-5-11(8-13(15)6-9)10-3-2-4-12(14)7-10/h2-4,6-7,11H,5,8H2,1H3. The van der Waals surface area contributed by atoms with Crippen LogP contribution in [-0.4, -0.2) is 5.78 Å². The molecule has 0 spiro atoms. The number of carbonyl (C=O) groups is 1. The molecule has 1 aliphatic carbocycles. The number of ketones is 1. The molecule has 2 heteroatoms. The molecule has 0 amide bonds. The maximum Gasteiger partial charge on any atom is 0.156 e. The lowest BCUT2D eigenvalue weighted by molar-refractivity contribution is -0.115. The second-order valence-corrected chi connectivity index (χ2v) is 4.55. The van der Waals surface area contributed by atoms with Gasteiger partial charge in [-0.3, -0.25) is 4.79 Å². The van der Waals surface area contributed by atoms with E-state index < -0.39 is 0 Å². The van der Waals surface area contributed by atoms with Gasteiger partial charge in [0, 0.05) is 11.4 Å². The summed E-state index contributed by atoms with van der Waals surface area (Å²) in [6, 6.07) is 7.80. The largest absolute Gasteiger partial charge is 0.295 e. The number of hydrogen-bond acceptors (Lipinski definition) is 1. The summed E-state index contributed by atoms with van der Waals surface area (Å²) in [6.45, 7) is 2.01. The molecule has 1 aromatic rings. The Morgan fingerprint density at radius 2 is 2.13 bits per heavy atom. The Hall–Kier alpha value is -1.08. The maximum atomic E-state index is 11.4. The first-order chi connectivity index (χ1) is 7.15. The van der Waals surface area contributed by atoms with Crippen LogP contribution in [0.15, 0.2) is 35.9 Å². The molecule has 1 aromatic carbocycles.